The molecule has 24 atom stereocenters. The van der Waals surface area contributed by atoms with E-state index in [0.29, 0.717) is 99.0 Å². The number of nitrogens with zero attached hydrogens (tertiary/aromatic N) is 11. The molecule has 12 aliphatic carbocycles. The first-order valence-corrected chi connectivity index (χ1v) is 42.2. The quantitative estimate of drug-likeness (QED) is 0.0722. The van der Waals surface area contributed by atoms with Crippen LogP contribution >= 0.6 is 0 Å². The van der Waals surface area contributed by atoms with E-state index in [1.54, 1.807) is 39.1 Å². The SMILES string of the molecule is CCOC[C@@]1(O)CC[C@H]2[C@@H](CC[C@@H]3[C@@H]2CC[C@]2(C)[C@@H](C(=O)Cn4nc5ccc(C)cc5n4)CC[C@@H]32)C1.CCOC[C@@]1(O)CC[C@H]2[C@@H](CC[C@@H]3[C@@H]2CC[C@]2(C)[C@@H](C(=O)Cn4nc5ccncc5n4)CC[C@@H]32)C1.CCOC[C@@]1(O)CC[C@H]2[C@@H](CC[C@@H]3[C@@H]2CC[C@]2(C)[C@@H](C(=O)Cn4nnc5cnccc54)CC[C@@H]32)C1. The Bertz CT molecular complexity index is 4080. The molecule has 5 aromatic heterocycles. The first-order chi connectivity index (χ1) is 51.1. The van der Waals surface area contributed by atoms with E-state index in [2.05, 4.69) is 68.4 Å². The smallest absolute Gasteiger partial charge is 0.159 e. The molecule has 12 fully saturated rings. The van der Waals surface area contributed by atoms with Gasteiger partial charge >= 0.3 is 0 Å². The van der Waals surface area contributed by atoms with Crippen LogP contribution in [0.4, 0.5) is 0 Å². The minimum atomic E-state index is -0.626. The Morgan fingerprint density at radius 3 is 1.25 bits per heavy atom. The number of pyridine rings is 2. The molecule has 6 aromatic rings. The normalized spacial score (nSPS) is 40.5. The molecule has 5 heterocycles. The molecule has 0 aliphatic heterocycles. The third kappa shape index (κ3) is 14.0. The maximum atomic E-state index is 13.6. The Labute approximate surface area is 627 Å². The van der Waals surface area contributed by atoms with E-state index in [1.807, 2.05) is 51.1 Å². The first kappa shape index (κ1) is 74.6. The van der Waals surface area contributed by atoms with E-state index < -0.39 is 16.8 Å². The fourth-order valence-electron chi connectivity index (χ4n) is 27.5. The van der Waals surface area contributed by atoms with Gasteiger partial charge in [0.25, 0.3) is 0 Å². The van der Waals surface area contributed by atoms with E-state index in [0.717, 1.165) is 188 Å². The average molecular weight is 1450 g/mol. The highest BCUT2D eigenvalue weighted by Gasteiger charge is 2.63. The van der Waals surface area contributed by atoms with Gasteiger partial charge in [-0.2, -0.15) is 30.0 Å². The number of carbonyl (C=O) groups is 3. The van der Waals surface area contributed by atoms with Gasteiger partial charge < -0.3 is 29.5 Å². The lowest BCUT2D eigenvalue weighted by Gasteiger charge is -2.57. The van der Waals surface area contributed by atoms with E-state index in [9.17, 15) is 29.7 Å². The number of aliphatic hydroxyl groups is 3. The summed E-state index contributed by atoms with van der Waals surface area (Å²) >= 11 is 0. The molecule has 0 amide bonds. The lowest BCUT2D eigenvalue weighted by Crippen LogP contribution is -2.52. The van der Waals surface area contributed by atoms with Gasteiger partial charge in [0.05, 0.1) is 54.5 Å². The molecule has 0 saturated heterocycles. The minimum absolute atomic E-state index is 0.101. The molecule has 20 nitrogen and oxygen atoms in total. The molecular formula is C86H123N11O9. The summed E-state index contributed by atoms with van der Waals surface area (Å²) in [5.74, 6) is 11.9. The summed E-state index contributed by atoms with van der Waals surface area (Å²) < 4.78 is 18.7. The number of rotatable bonds is 18. The van der Waals surface area contributed by atoms with E-state index >= 15 is 0 Å². The van der Waals surface area contributed by atoms with Crippen molar-refractivity contribution in [2.24, 2.45) is 123 Å². The van der Waals surface area contributed by atoms with Crippen molar-refractivity contribution in [1.29, 1.82) is 0 Å². The Morgan fingerprint density at radius 2 is 0.811 bits per heavy atom. The van der Waals surface area contributed by atoms with Gasteiger partial charge in [-0.15, -0.1) is 5.10 Å². The fourth-order valence-corrected chi connectivity index (χ4v) is 27.5. The second kappa shape index (κ2) is 30.0. The molecule has 0 radical (unpaired) electrons. The third-order valence-electron chi connectivity index (χ3n) is 32.2. The Hall–Kier alpha value is -5.51. The zero-order valence-corrected chi connectivity index (χ0v) is 64.8. The molecule has 12 aliphatic rings. The van der Waals surface area contributed by atoms with Crippen molar-refractivity contribution in [1.82, 2.24) is 54.9 Å². The number of hydrogen-bond acceptors (Lipinski definition) is 17. The summed E-state index contributed by atoms with van der Waals surface area (Å²) in [5.41, 5.74) is 4.50. The van der Waals surface area contributed by atoms with Crippen molar-refractivity contribution in [3.05, 3.63) is 60.7 Å². The van der Waals surface area contributed by atoms with Crippen LogP contribution in [0.1, 0.15) is 220 Å². The molecule has 3 N–H and O–H groups in total. The lowest BCUT2D eigenvalue weighted by molar-refractivity contribution is -0.138. The first-order valence-electron chi connectivity index (χ1n) is 42.2. The summed E-state index contributed by atoms with van der Waals surface area (Å²) in [7, 11) is 0. The number of benzene rings is 1. The van der Waals surface area contributed by atoms with Crippen LogP contribution < -0.4 is 0 Å². The largest absolute Gasteiger partial charge is 0.387 e. The van der Waals surface area contributed by atoms with Crippen LogP contribution in [0.3, 0.4) is 0 Å². The number of aryl methyl sites for hydroxylation is 1. The van der Waals surface area contributed by atoms with E-state index in [-0.39, 0.29) is 47.1 Å². The van der Waals surface area contributed by atoms with Crippen LogP contribution in [-0.2, 0) is 48.2 Å². The highest BCUT2D eigenvalue weighted by molar-refractivity contribution is 5.85. The summed E-state index contributed by atoms with van der Waals surface area (Å²) in [5, 5.41) is 60.0. The zero-order chi connectivity index (χ0) is 73.5. The number of ketones is 3. The maximum Gasteiger partial charge on any atom is 0.159 e. The van der Waals surface area contributed by atoms with Crippen molar-refractivity contribution in [3.8, 4) is 0 Å². The van der Waals surface area contributed by atoms with Crippen molar-refractivity contribution in [2.45, 2.75) is 258 Å². The lowest BCUT2D eigenvalue weighted by atomic mass is 9.49. The van der Waals surface area contributed by atoms with Crippen LogP contribution in [0.5, 0.6) is 0 Å². The maximum absolute atomic E-state index is 13.6. The van der Waals surface area contributed by atoms with Gasteiger partial charge in [0.15, 0.2) is 17.3 Å². The third-order valence-corrected chi connectivity index (χ3v) is 32.2. The van der Waals surface area contributed by atoms with Crippen molar-refractivity contribution in [3.63, 3.8) is 0 Å². The van der Waals surface area contributed by atoms with Crippen LogP contribution in [0.2, 0.25) is 0 Å². The van der Waals surface area contributed by atoms with E-state index in [4.69, 9.17) is 14.2 Å². The van der Waals surface area contributed by atoms with Gasteiger partial charge in [-0.1, -0.05) is 32.1 Å². The molecule has 0 bridgehead atoms. The predicted octanol–water partition coefficient (Wildman–Crippen LogP) is 14.2. The second-order valence-electron chi connectivity index (χ2n) is 37.5. The van der Waals surface area contributed by atoms with Gasteiger partial charge in [-0.05, 0) is 336 Å². The molecule has 0 unspecified atom stereocenters. The number of carbonyl (C=O) groups excluding carboxylic acids is 3. The summed E-state index contributed by atoms with van der Waals surface area (Å²) in [6, 6.07) is 9.81. The molecular weight excluding hydrogens is 1330 g/mol. The number of Topliss-reactive ketones (excluding diaryl/α,β-unsaturated/α-hetero) is 3. The van der Waals surface area contributed by atoms with Gasteiger partial charge in [0.2, 0.25) is 0 Å². The molecule has 0 spiro atoms. The highest BCUT2D eigenvalue weighted by atomic mass is 16.5. The van der Waals surface area contributed by atoms with E-state index in [1.165, 1.54) is 77.0 Å². The average Bonchev–Trinajstić information content (AvgIpc) is 1.43. The zero-order valence-electron chi connectivity index (χ0n) is 64.8. The molecule has 106 heavy (non-hydrogen) atoms. The summed E-state index contributed by atoms with van der Waals surface area (Å²) in [6.45, 7) is 19.7. The van der Waals surface area contributed by atoms with Gasteiger partial charge in [0, 0.05) is 50.0 Å². The fraction of sp³-hybridized carbons (Fsp3) is 0.779. The van der Waals surface area contributed by atoms with Gasteiger partial charge in [0.1, 0.15) is 47.2 Å². The number of ether oxygens (including phenoxy) is 3. The van der Waals surface area contributed by atoms with Crippen LogP contribution in [0.15, 0.2) is 55.1 Å². The Balaban J connectivity index is 0.000000122. The molecule has 12 saturated carbocycles. The van der Waals surface area contributed by atoms with Crippen molar-refractivity contribution < 1.29 is 43.9 Å². The second-order valence-corrected chi connectivity index (χ2v) is 37.5. The number of aromatic nitrogens is 11. The number of fused-ring (bicyclic) bond motifs is 18. The molecule has 1 aromatic carbocycles. The van der Waals surface area contributed by atoms with Crippen LogP contribution in [0.25, 0.3) is 33.1 Å². The van der Waals surface area contributed by atoms with Crippen LogP contribution in [-0.4, -0.2) is 144 Å². The minimum Gasteiger partial charge on any atom is -0.387 e. The monoisotopic (exact) mass is 1450 g/mol. The topological polar surface area (TPSA) is 257 Å². The summed E-state index contributed by atoms with van der Waals surface area (Å²) in [6.07, 6.45) is 36.9. The predicted molar refractivity (Wildman–Crippen MR) is 404 cm³/mol. The Morgan fingerprint density at radius 1 is 0.425 bits per heavy atom. The van der Waals surface area contributed by atoms with Gasteiger partial charge in [-0.3, -0.25) is 24.4 Å². The van der Waals surface area contributed by atoms with Crippen molar-refractivity contribution >= 4 is 50.4 Å². The van der Waals surface area contributed by atoms with Crippen molar-refractivity contribution in [2.75, 3.05) is 39.6 Å². The highest BCUT2D eigenvalue weighted by Crippen LogP contribution is 2.68. The molecule has 20 heteroatoms. The van der Waals surface area contributed by atoms with Gasteiger partial charge in [-0.25, -0.2) is 4.68 Å². The van der Waals surface area contributed by atoms with Crippen LogP contribution in [0, 0.1) is 130 Å². The number of hydrogen-bond donors (Lipinski definition) is 3. The standard InChI is InChI=1S/C30H43N3O3.2C28H40N4O3/c1-4-36-18-30(35)14-12-21-20(16-30)6-7-23-22(21)11-13-29(3)24(23)8-9-25(29)28(34)17-33-31-26-10-5-19(2)15-27(26)32-33;1-3-35-17-28(34)12-9-19-18(14-28)4-5-21-20(19)8-11-27(2)22(21)6-7-23(27)26(33)16-32-25-10-13-29-15-24(25)30-31-32;1-3-35-17-28(34)12-9-19-18(14-28)4-5-21-20(19)8-11-27(2)22(21)6-7-23(27)26(33)16-32-30-24-10-13-29-15-25(24)31-32/h5,10,15,20-25,35H,4,6-9,11-14,16-18H2,1-3H3;2*10,13,15,18-23,34H,3-9,11-12,14,16-17H2,1-2H3/t20-,21-,22+,23+,24-,25+,29-,30+;2*18-,19-,20+,21+,22-,23+,27-,28+/m000/s1. The Kier molecular flexibility index (Phi) is 21.1. The molecule has 576 valence electrons. The molecule has 18 rings (SSSR count). The summed E-state index contributed by atoms with van der Waals surface area (Å²) in [4.78, 5) is 52.2.